The van der Waals surface area contributed by atoms with E-state index in [1.54, 1.807) is 4.90 Å². The first-order valence-electron chi connectivity index (χ1n) is 8.86. The van der Waals surface area contributed by atoms with E-state index in [2.05, 4.69) is 20.1 Å². The van der Waals surface area contributed by atoms with Gasteiger partial charge in [0.25, 0.3) is 0 Å². The Hall–Kier alpha value is -3.11. The lowest BCUT2D eigenvalue weighted by atomic mass is 9.87. The van der Waals surface area contributed by atoms with E-state index in [1.165, 1.54) is 23.4 Å². The summed E-state index contributed by atoms with van der Waals surface area (Å²) < 4.78 is 41.7. The summed E-state index contributed by atoms with van der Waals surface area (Å²) in [7, 11) is 0. The second-order valence-corrected chi connectivity index (χ2v) is 6.86. The summed E-state index contributed by atoms with van der Waals surface area (Å²) in [5.41, 5.74) is 11.0. The molecule has 1 aliphatic carbocycles. The molecule has 2 aliphatic rings. The minimum atomic E-state index is -4.51. The number of nitrogens with two attached hydrogens (primary N) is 2. The van der Waals surface area contributed by atoms with Gasteiger partial charge in [-0.25, -0.2) is 14.7 Å². The lowest BCUT2D eigenvalue weighted by Crippen LogP contribution is -2.58. The van der Waals surface area contributed by atoms with Crippen LogP contribution in [0.4, 0.5) is 18.9 Å². The number of aromatic nitrogens is 3. The third kappa shape index (κ3) is 3.06. The van der Waals surface area contributed by atoms with Crippen molar-refractivity contribution in [3.63, 3.8) is 0 Å². The molecule has 1 saturated carbocycles. The number of halogens is 3. The highest BCUT2D eigenvalue weighted by molar-refractivity contribution is 6.06. The maximum absolute atomic E-state index is 13.4. The van der Waals surface area contributed by atoms with Crippen molar-refractivity contribution in [2.24, 2.45) is 21.5 Å². The third-order valence-electron chi connectivity index (χ3n) is 5.06. The Morgan fingerprint density at radius 1 is 1.04 bits per heavy atom. The van der Waals surface area contributed by atoms with Crippen molar-refractivity contribution in [3.05, 3.63) is 36.4 Å². The van der Waals surface area contributed by atoms with Crippen LogP contribution in [0.15, 0.2) is 40.8 Å². The van der Waals surface area contributed by atoms with E-state index in [-0.39, 0.29) is 17.6 Å². The van der Waals surface area contributed by atoms with E-state index in [9.17, 15) is 13.2 Å². The molecule has 1 spiro atoms. The first-order valence-corrected chi connectivity index (χ1v) is 8.86. The van der Waals surface area contributed by atoms with Crippen LogP contribution in [0, 0.1) is 0 Å². The molecule has 11 heteroatoms. The molecule has 0 bridgehead atoms. The first-order chi connectivity index (χ1) is 13.3. The van der Waals surface area contributed by atoms with Crippen LogP contribution in [0.2, 0.25) is 0 Å². The van der Waals surface area contributed by atoms with Crippen molar-refractivity contribution in [3.8, 4) is 5.69 Å². The highest BCUT2D eigenvalue weighted by atomic mass is 19.4. The van der Waals surface area contributed by atoms with Gasteiger partial charge in [-0.1, -0.05) is 6.42 Å². The maximum atomic E-state index is 13.4. The highest BCUT2D eigenvalue weighted by Crippen LogP contribution is 2.43. The normalized spacial score (nSPS) is 19.5. The molecule has 4 N–H and O–H groups in total. The van der Waals surface area contributed by atoms with E-state index in [1.807, 2.05) is 0 Å². The molecular weight excluding hydrogens is 373 g/mol. The summed E-state index contributed by atoms with van der Waals surface area (Å²) in [6.07, 6.45) is 2.15. The summed E-state index contributed by atoms with van der Waals surface area (Å²) in [5, 5.41) is 4.06. The molecule has 1 aromatic heterocycles. The number of benzene rings is 1. The van der Waals surface area contributed by atoms with Crippen molar-refractivity contribution >= 4 is 17.6 Å². The quantitative estimate of drug-likeness (QED) is 0.815. The van der Waals surface area contributed by atoms with Gasteiger partial charge < -0.3 is 11.5 Å². The Bertz CT molecular complexity index is 926. The SMILES string of the molecule is NC1=NC2(CCCCC2)N(c2cc(C(F)(F)F)ccc2-n2cncn2)C(N)=N1. The van der Waals surface area contributed by atoms with Crippen LogP contribution in [-0.4, -0.2) is 32.3 Å². The molecule has 1 fully saturated rings. The Kier molecular flexibility index (Phi) is 4.24. The van der Waals surface area contributed by atoms with Gasteiger partial charge in [-0.2, -0.15) is 23.3 Å². The topological polar surface area (TPSA) is 111 Å². The molecule has 0 unspecified atom stereocenters. The number of aliphatic imine (C=N–C) groups is 2. The lowest BCUT2D eigenvalue weighted by molar-refractivity contribution is -0.137. The lowest BCUT2D eigenvalue weighted by Gasteiger charge is -2.46. The molecule has 0 radical (unpaired) electrons. The Morgan fingerprint density at radius 3 is 2.43 bits per heavy atom. The number of anilines is 1. The Morgan fingerprint density at radius 2 is 1.79 bits per heavy atom. The van der Waals surface area contributed by atoms with Crippen LogP contribution in [0.1, 0.15) is 37.7 Å². The molecule has 148 valence electrons. The van der Waals surface area contributed by atoms with Gasteiger partial charge in [0.2, 0.25) is 11.9 Å². The minimum absolute atomic E-state index is 0.00934. The second kappa shape index (κ2) is 6.50. The molecule has 2 aromatic rings. The van der Waals surface area contributed by atoms with Gasteiger partial charge in [0.1, 0.15) is 18.3 Å². The summed E-state index contributed by atoms with van der Waals surface area (Å²) in [4.78, 5) is 14.0. The molecule has 0 atom stereocenters. The molecule has 2 heterocycles. The molecule has 8 nitrogen and oxygen atoms in total. The van der Waals surface area contributed by atoms with Crippen molar-refractivity contribution < 1.29 is 13.2 Å². The smallest absolute Gasteiger partial charge is 0.369 e. The predicted molar refractivity (Wildman–Crippen MR) is 97.9 cm³/mol. The molecule has 4 rings (SSSR count). The van der Waals surface area contributed by atoms with Gasteiger partial charge >= 0.3 is 6.18 Å². The number of nitrogens with zero attached hydrogens (tertiary/aromatic N) is 6. The van der Waals surface area contributed by atoms with E-state index in [4.69, 9.17) is 11.5 Å². The largest absolute Gasteiger partial charge is 0.416 e. The summed E-state index contributed by atoms with van der Waals surface area (Å²) in [6, 6.07) is 3.40. The Balaban J connectivity index is 1.93. The maximum Gasteiger partial charge on any atom is 0.416 e. The zero-order chi connectivity index (χ0) is 19.9. The van der Waals surface area contributed by atoms with E-state index in [0.717, 1.165) is 31.4 Å². The fraction of sp³-hybridized carbons (Fsp3) is 0.412. The van der Waals surface area contributed by atoms with Crippen LogP contribution >= 0.6 is 0 Å². The standard InChI is InChI=1S/C17H19F3N8/c18-17(19,20)11-4-5-12(27-10-23-9-24-27)13(8-11)28-15(22)25-14(21)26-16(28)6-2-1-3-7-16/h4-5,8-10H,1-3,6-7H2,(H4,21,22,25,26). The van der Waals surface area contributed by atoms with Crippen LogP contribution < -0.4 is 16.4 Å². The van der Waals surface area contributed by atoms with Gasteiger partial charge in [-0.15, -0.1) is 0 Å². The summed E-state index contributed by atoms with van der Waals surface area (Å²) in [6.45, 7) is 0. The van der Waals surface area contributed by atoms with Crippen molar-refractivity contribution in [2.75, 3.05) is 4.90 Å². The zero-order valence-electron chi connectivity index (χ0n) is 14.9. The Labute approximate surface area is 158 Å². The summed E-state index contributed by atoms with van der Waals surface area (Å²) >= 11 is 0. The molecular formula is C17H19F3N8. The highest BCUT2D eigenvalue weighted by Gasteiger charge is 2.44. The number of alkyl halides is 3. The average molecular weight is 392 g/mol. The van der Waals surface area contributed by atoms with Gasteiger partial charge in [0, 0.05) is 0 Å². The summed E-state index contributed by atoms with van der Waals surface area (Å²) in [5.74, 6) is 0.0417. The predicted octanol–water partition coefficient (Wildman–Crippen LogP) is 2.40. The third-order valence-corrected chi connectivity index (χ3v) is 5.06. The fourth-order valence-corrected chi connectivity index (χ4v) is 3.88. The molecule has 28 heavy (non-hydrogen) atoms. The van der Waals surface area contributed by atoms with E-state index in [0.29, 0.717) is 18.5 Å². The van der Waals surface area contributed by atoms with Crippen LogP contribution in [0.3, 0.4) is 0 Å². The number of hydrogen-bond acceptors (Lipinski definition) is 7. The first kappa shape index (κ1) is 18.3. The van der Waals surface area contributed by atoms with Gasteiger partial charge in [-0.3, -0.25) is 4.90 Å². The van der Waals surface area contributed by atoms with Crippen LogP contribution in [0.25, 0.3) is 5.69 Å². The number of guanidine groups is 2. The van der Waals surface area contributed by atoms with Crippen LogP contribution in [-0.2, 0) is 6.18 Å². The minimum Gasteiger partial charge on any atom is -0.369 e. The molecule has 1 aliphatic heterocycles. The zero-order valence-corrected chi connectivity index (χ0v) is 14.9. The molecule has 0 saturated heterocycles. The molecule has 0 amide bonds. The number of rotatable bonds is 2. The van der Waals surface area contributed by atoms with Crippen molar-refractivity contribution in [1.29, 1.82) is 0 Å². The number of hydrogen-bond donors (Lipinski definition) is 2. The monoisotopic (exact) mass is 392 g/mol. The van der Waals surface area contributed by atoms with Gasteiger partial charge in [-0.05, 0) is 43.9 Å². The van der Waals surface area contributed by atoms with E-state index >= 15 is 0 Å². The van der Waals surface area contributed by atoms with Gasteiger partial charge in [0.15, 0.2) is 0 Å². The molecule has 1 aromatic carbocycles. The average Bonchev–Trinajstić information content (AvgIpc) is 3.15. The second-order valence-electron chi connectivity index (χ2n) is 6.86. The van der Waals surface area contributed by atoms with Crippen molar-refractivity contribution in [1.82, 2.24) is 14.8 Å². The van der Waals surface area contributed by atoms with E-state index < -0.39 is 17.4 Å². The fourth-order valence-electron chi connectivity index (χ4n) is 3.88. The van der Waals surface area contributed by atoms with Gasteiger partial charge in [0.05, 0.1) is 16.9 Å². The van der Waals surface area contributed by atoms with Crippen LogP contribution in [0.5, 0.6) is 0 Å². The van der Waals surface area contributed by atoms with Crippen molar-refractivity contribution in [2.45, 2.75) is 43.9 Å².